The Labute approximate surface area is 222 Å². The number of hydrogen-bond acceptors (Lipinski definition) is 4. The maximum Gasteiger partial charge on any atom is 0.264 e. The first kappa shape index (κ1) is 26.3. The number of carbonyl (C=O) groups excluding carboxylic acids is 1. The fourth-order valence-electron chi connectivity index (χ4n) is 3.98. The third-order valence-electron chi connectivity index (χ3n) is 5.88. The highest BCUT2D eigenvalue weighted by molar-refractivity contribution is 7.92. The van der Waals surface area contributed by atoms with Crippen molar-refractivity contribution in [2.24, 2.45) is 0 Å². The predicted molar refractivity (Wildman–Crippen MR) is 147 cm³/mol. The minimum Gasteiger partial charge on any atom is -0.495 e. The van der Waals surface area contributed by atoms with Crippen LogP contribution in [0.15, 0.2) is 108 Å². The number of rotatable bonds is 9. The SMILES string of the molecule is COc1ccc(Cl)cc1N(CC(=O)NC(c1ccccc1)c1ccccc1)S(=O)(=O)c1ccc(C)cc1. The first-order chi connectivity index (χ1) is 17.8. The molecular formula is C29H27ClN2O4S. The van der Waals surface area contributed by atoms with E-state index in [-0.39, 0.29) is 16.3 Å². The van der Waals surface area contributed by atoms with Crippen molar-refractivity contribution in [2.45, 2.75) is 17.9 Å². The number of amides is 1. The van der Waals surface area contributed by atoms with Gasteiger partial charge < -0.3 is 10.1 Å². The molecule has 0 radical (unpaired) electrons. The second kappa shape index (κ2) is 11.5. The summed E-state index contributed by atoms with van der Waals surface area (Å²) in [5.74, 6) is -0.217. The summed E-state index contributed by atoms with van der Waals surface area (Å²) in [7, 11) is -2.71. The summed E-state index contributed by atoms with van der Waals surface area (Å²) >= 11 is 6.24. The molecule has 4 aromatic carbocycles. The van der Waals surface area contributed by atoms with Crippen LogP contribution >= 0.6 is 11.6 Å². The maximum absolute atomic E-state index is 13.8. The van der Waals surface area contributed by atoms with Gasteiger partial charge in [0.05, 0.1) is 23.7 Å². The largest absolute Gasteiger partial charge is 0.495 e. The highest BCUT2D eigenvalue weighted by Gasteiger charge is 2.30. The average Bonchev–Trinajstić information content (AvgIpc) is 2.91. The minimum absolute atomic E-state index is 0.0515. The van der Waals surface area contributed by atoms with Gasteiger partial charge >= 0.3 is 0 Å². The number of anilines is 1. The van der Waals surface area contributed by atoms with Gasteiger partial charge in [0.25, 0.3) is 10.0 Å². The zero-order chi connectivity index (χ0) is 26.4. The Balaban J connectivity index is 1.74. The number of nitrogens with zero attached hydrogens (tertiary/aromatic N) is 1. The van der Waals surface area contributed by atoms with Crippen LogP contribution in [-0.2, 0) is 14.8 Å². The van der Waals surface area contributed by atoms with Crippen LogP contribution in [0.1, 0.15) is 22.7 Å². The second-order valence-electron chi connectivity index (χ2n) is 8.46. The number of methoxy groups -OCH3 is 1. The molecule has 37 heavy (non-hydrogen) atoms. The Kier molecular flexibility index (Phi) is 8.16. The van der Waals surface area contributed by atoms with Gasteiger partial charge in [-0.2, -0.15) is 0 Å². The van der Waals surface area contributed by atoms with E-state index in [0.29, 0.717) is 5.02 Å². The molecule has 0 aliphatic heterocycles. The van der Waals surface area contributed by atoms with Gasteiger partial charge in [-0.15, -0.1) is 0 Å². The van der Waals surface area contributed by atoms with Crippen molar-refractivity contribution < 1.29 is 17.9 Å². The molecule has 0 saturated heterocycles. The van der Waals surface area contributed by atoms with Crippen molar-refractivity contribution in [3.8, 4) is 5.75 Å². The Morgan fingerprint density at radius 2 is 1.46 bits per heavy atom. The Morgan fingerprint density at radius 1 is 0.892 bits per heavy atom. The van der Waals surface area contributed by atoms with Gasteiger partial charge in [0.1, 0.15) is 12.3 Å². The smallest absolute Gasteiger partial charge is 0.264 e. The average molecular weight is 535 g/mol. The van der Waals surface area contributed by atoms with Gasteiger partial charge in [-0.1, -0.05) is 90.0 Å². The number of carbonyl (C=O) groups is 1. The first-order valence-electron chi connectivity index (χ1n) is 11.6. The molecule has 0 saturated carbocycles. The van der Waals surface area contributed by atoms with Crippen LogP contribution in [0.5, 0.6) is 5.75 Å². The van der Waals surface area contributed by atoms with Crippen LogP contribution in [0.2, 0.25) is 5.02 Å². The molecule has 0 unspecified atom stereocenters. The molecule has 0 atom stereocenters. The molecule has 0 aliphatic carbocycles. The Bertz CT molecular complexity index is 1420. The normalized spacial score (nSPS) is 11.2. The quantitative estimate of drug-likeness (QED) is 0.296. The zero-order valence-electron chi connectivity index (χ0n) is 20.5. The number of hydrogen-bond donors (Lipinski definition) is 1. The molecule has 1 N–H and O–H groups in total. The third kappa shape index (κ3) is 6.13. The number of benzene rings is 4. The molecule has 0 fully saturated rings. The monoisotopic (exact) mass is 534 g/mol. The van der Waals surface area contributed by atoms with Crippen molar-refractivity contribution in [2.75, 3.05) is 18.0 Å². The van der Waals surface area contributed by atoms with Crippen LogP contribution in [0.25, 0.3) is 0 Å². The molecule has 0 bridgehead atoms. The number of aryl methyl sites for hydroxylation is 1. The summed E-state index contributed by atoms with van der Waals surface area (Å²) in [5, 5.41) is 3.33. The molecule has 8 heteroatoms. The number of sulfonamides is 1. The van der Waals surface area contributed by atoms with Crippen molar-refractivity contribution in [1.29, 1.82) is 0 Å². The van der Waals surface area contributed by atoms with Crippen molar-refractivity contribution in [1.82, 2.24) is 5.32 Å². The fourth-order valence-corrected chi connectivity index (χ4v) is 5.57. The van der Waals surface area contributed by atoms with Gasteiger partial charge in [0.15, 0.2) is 0 Å². The van der Waals surface area contributed by atoms with E-state index < -0.39 is 28.5 Å². The van der Waals surface area contributed by atoms with Gasteiger partial charge in [-0.3, -0.25) is 9.10 Å². The van der Waals surface area contributed by atoms with E-state index in [9.17, 15) is 13.2 Å². The van der Waals surface area contributed by atoms with Gasteiger partial charge in [0, 0.05) is 5.02 Å². The summed E-state index contributed by atoms with van der Waals surface area (Å²) in [6.07, 6.45) is 0. The highest BCUT2D eigenvalue weighted by atomic mass is 35.5. The Morgan fingerprint density at radius 3 is 2.00 bits per heavy atom. The van der Waals surface area contributed by atoms with Crippen LogP contribution in [0.4, 0.5) is 5.69 Å². The van der Waals surface area contributed by atoms with Crippen LogP contribution in [0, 0.1) is 6.92 Å². The summed E-state index contributed by atoms with van der Waals surface area (Å²) < 4.78 is 34.1. The molecular weight excluding hydrogens is 508 g/mol. The minimum atomic E-state index is -4.15. The molecule has 0 aliphatic rings. The van der Waals surface area contributed by atoms with E-state index in [1.807, 2.05) is 67.6 Å². The molecule has 4 rings (SSSR count). The number of nitrogens with one attached hydrogen (secondary N) is 1. The lowest BCUT2D eigenvalue weighted by Gasteiger charge is -2.27. The van der Waals surface area contributed by atoms with E-state index in [4.69, 9.17) is 16.3 Å². The highest BCUT2D eigenvalue weighted by Crippen LogP contribution is 2.35. The standard InChI is InChI=1S/C29H27ClN2O4S/c1-21-13-16-25(17-14-21)37(34,35)32(26-19-24(30)15-18-27(26)36-2)20-28(33)31-29(22-9-5-3-6-10-22)23-11-7-4-8-12-23/h3-19,29H,20H2,1-2H3,(H,31,33). The molecule has 190 valence electrons. The number of ether oxygens (including phenoxy) is 1. The van der Waals surface area contributed by atoms with Crippen molar-refractivity contribution in [3.63, 3.8) is 0 Å². The zero-order valence-corrected chi connectivity index (χ0v) is 22.0. The van der Waals surface area contributed by atoms with Gasteiger partial charge in [0.2, 0.25) is 5.91 Å². The van der Waals surface area contributed by atoms with Gasteiger partial charge in [-0.05, 0) is 48.4 Å². The lowest BCUT2D eigenvalue weighted by atomic mass is 9.99. The van der Waals surface area contributed by atoms with Crippen molar-refractivity contribution >= 4 is 33.2 Å². The Hall–Kier alpha value is -3.81. The summed E-state index contributed by atoms with van der Waals surface area (Å²) in [4.78, 5) is 13.6. The van der Waals surface area contributed by atoms with Crippen LogP contribution < -0.4 is 14.4 Å². The predicted octanol–water partition coefficient (Wildman–Crippen LogP) is 5.76. The van der Waals surface area contributed by atoms with E-state index in [1.165, 1.54) is 25.3 Å². The number of halogens is 1. The topological polar surface area (TPSA) is 75.7 Å². The summed E-state index contributed by atoms with van der Waals surface area (Å²) in [6, 6.07) is 29.7. The van der Waals surface area contributed by atoms with E-state index >= 15 is 0 Å². The molecule has 0 spiro atoms. The van der Waals surface area contributed by atoms with Crippen LogP contribution in [0.3, 0.4) is 0 Å². The third-order valence-corrected chi connectivity index (χ3v) is 7.89. The lowest BCUT2D eigenvalue weighted by Crippen LogP contribution is -2.42. The summed E-state index contributed by atoms with van der Waals surface area (Å²) in [5.41, 5.74) is 2.82. The molecule has 6 nitrogen and oxygen atoms in total. The van der Waals surface area contributed by atoms with Crippen LogP contribution in [-0.4, -0.2) is 28.0 Å². The van der Waals surface area contributed by atoms with Crippen molar-refractivity contribution in [3.05, 3.63) is 125 Å². The molecule has 4 aromatic rings. The maximum atomic E-state index is 13.8. The van der Waals surface area contributed by atoms with E-state index in [2.05, 4.69) is 5.32 Å². The lowest BCUT2D eigenvalue weighted by molar-refractivity contribution is -0.120. The van der Waals surface area contributed by atoms with E-state index in [1.54, 1.807) is 24.3 Å². The van der Waals surface area contributed by atoms with E-state index in [0.717, 1.165) is 21.0 Å². The summed E-state index contributed by atoms with van der Waals surface area (Å²) in [6.45, 7) is 1.39. The molecule has 0 heterocycles. The molecule has 1 amide bonds. The van der Waals surface area contributed by atoms with Gasteiger partial charge in [-0.25, -0.2) is 8.42 Å². The second-order valence-corrected chi connectivity index (χ2v) is 10.8. The fraction of sp³-hybridized carbons (Fsp3) is 0.138. The first-order valence-corrected chi connectivity index (χ1v) is 13.4. The molecule has 0 aromatic heterocycles.